The summed E-state index contributed by atoms with van der Waals surface area (Å²) in [6.07, 6.45) is 8.95. The molecule has 28 heavy (non-hydrogen) atoms. The number of hydrogen-bond donors (Lipinski definition) is 0. The molecule has 2 aliphatic rings. The minimum atomic E-state index is -0.000805. The van der Waals surface area contributed by atoms with Crippen LogP contribution in [0.5, 0.6) is 0 Å². The molecule has 1 amide bonds. The van der Waals surface area contributed by atoms with E-state index in [1.165, 1.54) is 28.7 Å². The summed E-state index contributed by atoms with van der Waals surface area (Å²) in [4.78, 5) is 28.7. The Kier molecular flexibility index (Phi) is 4.30. The van der Waals surface area contributed by atoms with Gasteiger partial charge in [-0.05, 0) is 43.7 Å². The van der Waals surface area contributed by atoms with Crippen LogP contribution in [-0.4, -0.2) is 56.7 Å². The summed E-state index contributed by atoms with van der Waals surface area (Å²) in [5.41, 5.74) is 1.99. The molecule has 0 atom stereocenters. The number of hydrogen-bond acceptors (Lipinski definition) is 6. The maximum Gasteiger partial charge on any atom is 0.274 e. The molecule has 1 aliphatic carbocycles. The molecule has 0 saturated carbocycles. The first kappa shape index (κ1) is 17.6. The standard InChI is InChI=1S/C20H24N6OS/c1-24-9-8-15(23-24)20(27)25(2)13-6-10-26(11-7-13)18-17-14-4-3-5-16(14)28-19(17)22-12-21-18/h8-9,12-13H,3-7,10-11H2,1-2H3. The molecule has 0 N–H and O–H groups in total. The third-order valence-corrected chi connectivity index (χ3v) is 7.25. The van der Waals surface area contributed by atoms with E-state index in [0.29, 0.717) is 5.69 Å². The van der Waals surface area contributed by atoms with Gasteiger partial charge in [0.25, 0.3) is 5.91 Å². The van der Waals surface area contributed by atoms with Crippen molar-refractivity contribution in [2.24, 2.45) is 7.05 Å². The van der Waals surface area contributed by atoms with Gasteiger partial charge >= 0.3 is 0 Å². The van der Waals surface area contributed by atoms with Gasteiger partial charge in [0.05, 0.1) is 5.39 Å². The number of rotatable bonds is 3. The van der Waals surface area contributed by atoms with Crippen molar-refractivity contribution in [3.63, 3.8) is 0 Å². The van der Waals surface area contributed by atoms with Crippen molar-refractivity contribution in [3.8, 4) is 0 Å². The van der Waals surface area contributed by atoms with Gasteiger partial charge in [-0.2, -0.15) is 5.10 Å². The lowest BCUT2D eigenvalue weighted by molar-refractivity contribution is 0.0702. The molecule has 1 fully saturated rings. The Morgan fingerprint density at radius 2 is 2.07 bits per heavy atom. The lowest BCUT2D eigenvalue weighted by Crippen LogP contribution is -2.46. The molecule has 7 nitrogen and oxygen atoms in total. The van der Waals surface area contributed by atoms with Gasteiger partial charge in [0.15, 0.2) is 0 Å². The zero-order valence-corrected chi connectivity index (χ0v) is 17.1. The van der Waals surface area contributed by atoms with Crippen molar-refractivity contribution < 1.29 is 4.79 Å². The van der Waals surface area contributed by atoms with Crippen LogP contribution in [0.4, 0.5) is 5.82 Å². The summed E-state index contributed by atoms with van der Waals surface area (Å²) in [5.74, 6) is 1.08. The van der Waals surface area contributed by atoms with E-state index in [-0.39, 0.29) is 11.9 Å². The second-order valence-electron chi connectivity index (χ2n) is 7.74. The van der Waals surface area contributed by atoms with Gasteiger partial charge in [-0.1, -0.05) is 0 Å². The van der Waals surface area contributed by atoms with Gasteiger partial charge in [-0.3, -0.25) is 9.48 Å². The Morgan fingerprint density at radius 3 is 2.82 bits per heavy atom. The predicted octanol–water partition coefficient (Wildman–Crippen LogP) is 2.65. The smallest absolute Gasteiger partial charge is 0.274 e. The molecule has 0 spiro atoms. The van der Waals surface area contributed by atoms with Crippen LogP contribution in [0.25, 0.3) is 10.2 Å². The van der Waals surface area contributed by atoms with Crippen LogP contribution in [0.3, 0.4) is 0 Å². The fourth-order valence-electron chi connectivity index (χ4n) is 4.49. The highest BCUT2D eigenvalue weighted by Crippen LogP contribution is 2.40. The van der Waals surface area contributed by atoms with Gasteiger partial charge in [0.1, 0.15) is 22.7 Å². The Hall–Kier alpha value is -2.48. The van der Waals surface area contributed by atoms with Crippen molar-refractivity contribution >= 4 is 33.3 Å². The first-order valence-electron chi connectivity index (χ1n) is 9.89. The van der Waals surface area contributed by atoms with E-state index in [1.807, 2.05) is 36.5 Å². The number of aryl methyl sites for hydroxylation is 3. The minimum absolute atomic E-state index is 0.000805. The molecule has 3 aromatic rings. The number of carbonyl (C=O) groups is 1. The second-order valence-corrected chi connectivity index (χ2v) is 8.83. The molecule has 1 saturated heterocycles. The van der Waals surface area contributed by atoms with Crippen molar-refractivity contribution in [2.45, 2.75) is 38.1 Å². The van der Waals surface area contributed by atoms with Gasteiger partial charge < -0.3 is 9.80 Å². The summed E-state index contributed by atoms with van der Waals surface area (Å²) in [6.45, 7) is 1.81. The largest absolute Gasteiger partial charge is 0.356 e. The monoisotopic (exact) mass is 396 g/mol. The Bertz CT molecular complexity index is 1030. The molecule has 1 aliphatic heterocycles. The molecule has 0 bridgehead atoms. The molecule has 0 aromatic carbocycles. The summed E-state index contributed by atoms with van der Waals surface area (Å²) >= 11 is 1.83. The van der Waals surface area contributed by atoms with Crippen LogP contribution in [-0.2, 0) is 19.9 Å². The summed E-state index contributed by atoms with van der Waals surface area (Å²) in [5, 5.41) is 5.52. The molecular formula is C20H24N6OS. The normalized spacial score (nSPS) is 17.3. The van der Waals surface area contributed by atoms with Gasteiger partial charge in [-0.15, -0.1) is 11.3 Å². The molecule has 5 rings (SSSR count). The Balaban J connectivity index is 1.33. The van der Waals surface area contributed by atoms with Gasteiger partial charge in [-0.25, -0.2) is 9.97 Å². The summed E-state index contributed by atoms with van der Waals surface area (Å²) in [6, 6.07) is 2.01. The predicted molar refractivity (Wildman–Crippen MR) is 110 cm³/mol. The number of nitrogens with zero attached hydrogens (tertiary/aromatic N) is 6. The summed E-state index contributed by atoms with van der Waals surface area (Å²) < 4.78 is 1.67. The van der Waals surface area contributed by atoms with Crippen LogP contribution in [0.1, 0.15) is 40.2 Å². The quantitative estimate of drug-likeness (QED) is 0.681. The first-order valence-corrected chi connectivity index (χ1v) is 10.7. The van der Waals surface area contributed by atoms with Crippen LogP contribution >= 0.6 is 11.3 Å². The summed E-state index contributed by atoms with van der Waals surface area (Å²) in [7, 11) is 3.73. The number of thiophene rings is 1. The van der Waals surface area contributed by atoms with E-state index in [4.69, 9.17) is 0 Å². The van der Waals surface area contributed by atoms with E-state index < -0.39 is 0 Å². The number of aromatic nitrogens is 4. The maximum absolute atomic E-state index is 12.7. The molecular weight excluding hydrogens is 372 g/mol. The van der Waals surface area contributed by atoms with Crippen LogP contribution in [0.2, 0.25) is 0 Å². The fraction of sp³-hybridized carbons (Fsp3) is 0.500. The molecule has 146 valence electrons. The van der Waals surface area contributed by atoms with E-state index in [0.717, 1.165) is 43.0 Å². The molecule has 0 unspecified atom stereocenters. The van der Waals surface area contributed by atoms with Crippen LogP contribution in [0.15, 0.2) is 18.6 Å². The van der Waals surface area contributed by atoms with Crippen molar-refractivity contribution in [2.75, 3.05) is 25.0 Å². The van der Waals surface area contributed by atoms with Gasteiger partial charge in [0.2, 0.25) is 0 Å². The number of carbonyl (C=O) groups excluding carboxylic acids is 1. The first-order chi connectivity index (χ1) is 13.6. The van der Waals surface area contributed by atoms with Crippen molar-refractivity contribution in [3.05, 3.63) is 34.7 Å². The number of piperidine rings is 1. The average Bonchev–Trinajstić information content (AvgIpc) is 3.42. The minimum Gasteiger partial charge on any atom is -0.356 e. The van der Waals surface area contributed by atoms with E-state index >= 15 is 0 Å². The number of amides is 1. The SMILES string of the molecule is CN(C(=O)c1ccn(C)n1)C1CCN(c2ncnc3sc4c(c23)CCC4)CC1. The highest BCUT2D eigenvalue weighted by atomic mass is 32.1. The highest BCUT2D eigenvalue weighted by molar-refractivity contribution is 7.19. The van der Waals surface area contributed by atoms with Crippen LogP contribution in [0, 0.1) is 0 Å². The Labute approximate surface area is 168 Å². The fourth-order valence-corrected chi connectivity index (χ4v) is 5.72. The molecule has 4 heterocycles. The Morgan fingerprint density at radius 1 is 1.25 bits per heavy atom. The van der Waals surface area contributed by atoms with Gasteiger partial charge in [0, 0.05) is 44.3 Å². The van der Waals surface area contributed by atoms with E-state index in [2.05, 4.69) is 20.0 Å². The lowest BCUT2D eigenvalue weighted by Gasteiger charge is -2.37. The zero-order chi connectivity index (χ0) is 19.3. The van der Waals surface area contributed by atoms with E-state index in [1.54, 1.807) is 17.1 Å². The lowest BCUT2D eigenvalue weighted by atomic mass is 10.0. The zero-order valence-electron chi connectivity index (χ0n) is 16.3. The number of fused-ring (bicyclic) bond motifs is 3. The second kappa shape index (κ2) is 6.84. The molecule has 8 heteroatoms. The maximum atomic E-state index is 12.7. The van der Waals surface area contributed by atoms with Crippen molar-refractivity contribution in [1.29, 1.82) is 0 Å². The molecule has 0 radical (unpaired) electrons. The topological polar surface area (TPSA) is 67.2 Å². The van der Waals surface area contributed by atoms with Crippen LogP contribution < -0.4 is 4.90 Å². The molecule has 3 aromatic heterocycles. The average molecular weight is 397 g/mol. The van der Waals surface area contributed by atoms with E-state index in [9.17, 15) is 4.79 Å². The van der Waals surface area contributed by atoms with Crippen molar-refractivity contribution in [1.82, 2.24) is 24.6 Å². The third kappa shape index (κ3) is 2.87. The number of anilines is 1. The third-order valence-electron chi connectivity index (χ3n) is 6.05. The highest BCUT2D eigenvalue weighted by Gasteiger charge is 2.29.